The van der Waals surface area contributed by atoms with Gasteiger partial charge in [-0.2, -0.15) is 0 Å². The zero-order valence-corrected chi connectivity index (χ0v) is 13.1. The van der Waals surface area contributed by atoms with Crippen molar-refractivity contribution in [2.45, 2.75) is 32.7 Å². The predicted molar refractivity (Wildman–Crippen MR) is 82.1 cm³/mol. The summed E-state index contributed by atoms with van der Waals surface area (Å²) in [6.07, 6.45) is 1.92. The van der Waals surface area contributed by atoms with Crippen molar-refractivity contribution < 1.29 is 0 Å². The molecule has 0 aliphatic carbocycles. The first-order valence-electron chi connectivity index (χ1n) is 6.23. The molecule has 0 fully saturated rings. The fourth-order valence-electron chi connectivity index (χ4n) is 1.78. The van der Waals surface area contributed by atoms with Gasteiger partial charge >= 0.3 is 0 Å². The van der Waals surface area contributed by atoms with Crippen LogP contribution in [-0.2, 0) is 13.1 Å². The first kappa shape index (κ1) is 13.5. The molecule has 0 amide bonds. The Morgan fingerprint density at radius 3 is 2.39 bits per heavy atom. The number of nitrogens with zero attached hydrogens (tertiary/aromatic N) is 1. The van der Waals surface area contributed by atoms with E-state index in [1.807, 2.05) is 11.7 Å². The predicted octanol–water partition coefficient (Wildman–Crippen LogP) is 2.98. The molecule has 0 saturated heterocycles. The van der Waals surface area contributed by atoms with Crippen LogP contribution in [0.25, 0.3) is 0 Å². The van der Waals surface area contributed by atoms with Crippen molar-refractivity contribution in [1.82, 2.24) is 10.3 Å². The van der Waals surface area contributed by atoms with E-state index >= 15 is 0 Å². The average molecular weight is 276 g/mol. The highest BCUT2D eigenvalue weighted by Crippen LogP contribution is 2.07. The standard InChI is InChI=1S/C14H20N2SSi/c1-18(2,3)14-6-4-12(5-7-14)8-15-9-13-10-16-11-17-13/h4-7,10-11,15H,8-9H2,1-3H3. The van der Waals surface area contributed by atoms with Crippen molar-refractivity contribution in [3.8, 4) is 0 Å². The van der Waals surface area contributed by atoms with Gasteiger partial charge in [-0.3, -0.25) is 4.98 Å². The lowest BCUT2D eigenvalue weighted by Crippen LogP contribution is -2.37. The molecular formula is C14H20N2SSi. The number of aromatic nitrogens is 1. The van der Waals surface area contributed by atoms with Gasteiger partial charge in [-0.05, 0) is 5.56 Å². The van der Waals surface area contributed by atoms with E-state index < -0.39 is 8.07 Å². The topological polar surface area (TPSA) is 24.9 Å². The third-order valence-corrected chi connectivity index (χ3v) is 5.78. The van der Waals surface area contributed by atoms with Gasteiger partial charge in [-0.25, -0.2) is 0 Å². The van der Waals surface area contributed by atoms with Crippen molar-refractivity contribution in [2.75, 3.05) is 0 Å². The fraction of sp³-hybridized carbons (Fsp3) is 0.357. The Balaban J connectivity index is 1.87. The molecule has 2 rings (SSSR count). The molecule has 96 valence electrons. The molecule has 0 aliphatic rings. The van der Waals surface area contributed by atoms with Gasteiger partial charge in [0.2, 0.25) is 0 Å². The summed E-state index contributed by atoms with van der Waals surface area (Å²) in [5, 5.41) is 4.97. The Labute approximate surface area is 114 Å². The van der Waals surface area contributed by atoms with Gasteiger partial charge < -0.3 is 5.32 Å². The average Bonchev–Trinajstić information content (AvgIpc) is 2.82. The summed E-state index contributed by atoms with van der Waals surface area (Å²) in [5.41, 5.74) is 3.22. The van der Waals surface area contributed by atoms with Crippen LogP contribution in [0.3, 0.4) is 0 Å². The van der Waals surface area contributed by atoms with Gasteiger partial charge in [0, 0.05) is 24.2 Å². The number of hydrogen-bond donors (Lipinski definition) is 1. The molecule has 1 aromatic carbocycles. The largest absolute Gasteiger partial charge is 0.308 e. The first-order chi connectivity index (χ1) is 8.55. The summed E-state index contributed by atoms with van der Waals surface area (Å²) in [7, 11) is -1.16. The van der Waals surface area contributed by atoms with Gasteiger partial charge in [-0.1, -0.05) is 49.1 Å². The maximum atomic E-state index is 4.07. The number of benzene rings is 1. The maximum absolute atomic E-state index is 4.07. The summed E-state index contributed by atoms with van der Waals surface area (Å²) < 4.78 is 0. The second kappa shape index (κ2) is 5.78. The minimum Gasteiger partial charge on any atom is -0.308 e. The molecule has 1 heterocycles. The minimum absolute atomic E-state index is 0.903. The number of nitrogens with one attached hydrogen (secondary N) is 1. The first-order valence-corrected chi connectivity index (χ1v) is 10.6. The van der Waals surface area contributed by atoms with E-state index in [9.17, 15) is 0 Å². The lowest BCUT2D eigenvalue weighted by Gasteiger charge is -2.16. The highest BCUT2D eigenvalue weighted by molar-refractivity contribution is 7.09. The molecule has 0 radical (unpaired) electrons. The van der Waals surface area contributed by atoms with Crippen molar-refractivity contribution >= 4 is 24.6 Å². The maximum Gasteiger partial charge on any atom is 0.0794 e. The molecule has 2 aromatic rings. The molecule has 18 heavy (non-hydrogen) atoms. The van der Waals surface area contributed by atoms with Crippen LogP contribution in [0.2, 0.25) is 19.6 Å². The van der Waals surface area contributed by atoms with E-state index in [4.69, 9.17) is 0 Å². The van der Waals surface area contributed by atoms with E-state index in [0.29, 0.717) is 0 Å². The summed E-state index contributed by atoms with van der Waals surface area (Å²) in [6.45, 7) is 8.96. The van der Waals surface area contributed by atoms with Crippen molar-refractivity contribution in [2.24, 2.45) is 0 Å². The third-order valence-electron chi connectivity index (χ3n) is 2.93. The monoisotopic (exact) mass is 276 g/mol. The normalized spacial score (nSPS) is 11.7. The van der Waals surface area contributed by atoms with Gasteiger partial charge in [0.15, 0.2) is 0 Å². The van der Waals surface area contributed by atoms with Crippen LogP contribution in [0, 0.1) is 0 Å². The fourth-order valence-corrected chi connectivity index (χ4v) is 3.51. The van der Waals surface area contributed by atoms with Crippen LogP contribution in [0.5, 0.6) is 0 Å². The van der Waals surface area contributed by atoms with Crippen molar-refractivity contribution in [3.63, 3.8) is 0 Å². The van der Waals surface area contributed by atoms with Crippen LogP contribution >= 0.6 is 11.3 Å². The van der Waals surface area contributed by atoms with Crippen LogP contribution in [0.15, 0.2) is 36.0 Å². The van der Waals surface area contributed by atoms with E-state index in [0.717, 1.165) is 13.1 Å². The Hall–Kier alpha value is -0.973. The molecule has 0 aliphatic heterocycles. The van der Waals surface area contributed by atoms with E-state index in [2.05, 4.69) is 54.2 Å². The van der Waals surface area contributed by atoms with E-state index in [1.54, 1.807) is 11.3 Å². The smallest absolute Gasteiger partial charge is 0.0794 e. The van der Waals surface area contributed by atoms with Gasteiger partial charge in [0.25, 0.3) is 0 Å². The summed E-state index contributed by atoms with van der Waals surface area (Å²) in [4.78, 5) is 5.36. The zero-order valence-electron chi connectivity index (χ0n) is 11.2. The highest BCUT2D eigenvalue weighted by Gasteiger charge is 2.15. The molecule has 0 unspecified atom stereocenters. The lowest BCUT2D eigenvalue weighted by atomic mass is 10.2. The molecule has 0 saturated carbocycles. The van der Waals surface area contributed by atoms with Crippen molar-refractivity contribution in [1.29, 1.82) is 0 Å². The molecule has 0 spiro atoms. The summed E-state index contributed by atoms with van der Waals surface area (Å²) in [5.74, 6) is 0. The number of rotatable bonds is 5. The van der Waals surface area contributed by atoms with E-state index in [1.165, 1.54) is 15.6 Å². The minimum atomic E-state index is -1.16. The Morgan fingerprint density at radius 2 is 1.83 bits per heavy atom. The lowest BCUT2D eigenvalue weighted by molar-refractivity contribution is 0.700. The van der Waals surface area contributed by atoms with Crippen LogP contribution in [0.4, 0.5) is 0 Å². The Bertz CT molecular complexity index is 471. The molecule has 0 atom stereocenters. The van der Waals surface area contributed by atoms with Crippen LogP contribution in [-0.4, -0.2) is 13.1 Å². The quantitative estimate of drug-likeness (QED) is 0.849. The second-order valence-corrected chi connectivity index (χ2v) is 11.6. The van der Waals surface area contributed by atoms with Gasteiger partial charge in [0.1, 0.15) is 0 Å². The van der Waals surface area contributed by atoms with Crippen LogP contribution in [0.1, 0.15) is 10.4 Å². The Kier molecular flexibility index (Phi) is 4.32. The van der Waals surface area contributed by atoms with E-state index in [-0.39, 0.29) is 0 Å². The second-order valence-electron chi connectivity index (χ2n) is 5.52. The summed E-state index contributed by atoms with van der Waals surface area (Å²) >= 11 is 1.70. The molecule has 2 nitrogen and oxygen atoms in total. The molecule has 1 aromatic heterocycles. The van der Waals surface area contributed by atoms with Gasteiger partial charge in [-0.15, -0.1) is 11.3 Å². The van der Waals surface area contributed by atoms with Gasteiger partial charge in [0.05, 0.1) is 13.6 Å². The molecule has 4 heteroatoms. The summed E-state index contributed by atoms with van der Waals surface area (Å²) in [6, 6.07) is 9.06. The molecule has 0 bridgehead atoms. The SMILES string of the molecule is C[Si](C)(C)c1ccc(CNCc2cncs2)cc1. The van der Waals surface area contributed by atoms with Crippen LogP contribution < -0.4 is 10.5 Å². The van der Waals surface area contributed by atoms with Crippen molar-refractivity contribution in [3.05, 3.63) is 46.4 Å². The Morgan fingerprint density at radius 1 is 1.11 bits per heavy atom. The molecular weight excluding hydrogens is 256 g/mol. The number of hydrogen-bond acceptors (Lipinski definition) is 3. The highest BCUT2D eigenvalue weighted by atomic mass is 32.1. The third kappa shape index (κ3) is 3.76. The molecule has 1 N–H and O–H groups in total. The number of thiazole rings is 1. The zero-order chi connectivity index (χ0) is 13.0.